The zero-order valence-corrected chi connectivity index (χ0v) is 16.0. The van der Waals surface area contributed by atoms with Crippen molar-refractivity contribution >= 4 is 5.82 Å². The van der Waals surface area contributed by atoms with Gasteiger partial charge in [-0.15, -0.1) is 0 Å². The Morgan fingerprint density at radius 3 is 2.55 bits per heavy atom. The summed E-state index contributed by atoms with van der Waals surface area (Å²) in [5.41, 5.74) is 0.551. The summed E-state index contributed by atoms with van der Waals surface area (Å²) in [6.07, 6.45) is 2.57. The van der Waals surface area contributed by atoms with Gasteiger partial charge in [0, 0.05) is 38.1 Å². The highest BCUT2D eigenvalue weighted by Gasteiger charge is 2.35. The zero-order valence-electron chi connectivity index (χ0n) is 16.0. The molecule has 0 radical (unpaired) electrons. The summed E-state index contributed by atoms with van der Waals surface area (Å²) in [5, 5.41) is 4.32. The first kappa shape index (κ1) is 19.4. The van der Waals surface area contributed by atoms with Gasteiger partial charge in [0.25, 0.3) is 0 Å². The van der Waals surface area contributed by atoms with Gasteiger partial charge in [-0.05, 0) is 43.4 Å². The first-order valence-corrected chi connectivity index (χ1v) is 9.59. The average Bonchev–Trinajstić information content (AvgIpc) is 3.23. The maximum atomic E-state index is 13.4. The van der Waals surface area contributed by atoms with Gasteiger partial charge in [-0.25, -0.2) is 9.97 Å². The van der Waals surface area contributed by atoms with Crippen molar-refractivity contribution in [3.8, 4) is 11.5 Å². The third-order valence-electron chi connectivity index (χ3n) is 5.16. The molecule has 3 aromatic heterocycles. The minimum atomic E-state index is -4.55. The number of nitrogens with zero attached hydrogens (tertiary/aromatic N) is 6. The lowest BCUT2D eigenvalue weighted by molar-refractivity contribution is -0.141. The number of alkyl halides is 3. The number of rotatable bonds is 4. The molecule has 4 heterocycles. The molecule has 1 aliphatic heterocycles. The van der Waals surface area contributed by atoms with E-state index in [9.17, 15) is 13.2 Å². The van der Waals surface area contributed by atoms with Crippen LogP contribution in [0.25, 0.3) is 11.5 Å². The quantitative estimate of drug-likeness (QED) is 0.656. The topological polar surface area (TPSA) is 59.7 Å². The molecule has 0 bridgehead atoms. The van der Waals surface area contributed by atoms with Crippen molar-refractivity contribution in [2.45, 2.75) is 38.4 Å². The van der Waals surface area contributed by atoms with Crippen LogP contribution in [0.2, 0.25) is 0 Å². The third-order valence-corrected chi connectivity index (χ3v) is 5.16. The number of aromatic nitrogens is 5. The Balaban J connectivity index is 1.58. The Kier molecular flexibility index (Phi) is 5.21. The fourth-order valence-electron chi connectivity index (χ4n) is 3.56. The molecule has 0 amide bonds. The van der Waals surface area contributed by atoms with Gasteiger partial charge in [0.1, 0.15) is 11.5 Å². The lowest BCUT2D eigenvalue weighted by Gasteiger charge is -2.32. The molecule has 0 aliphatic carbocycles. The molecule has 0 saturated carbocycles. The van der Waals surface area contributed by atoms with E-state index in [4.69, 9.17) is 0 Å². The number of hydrogen-bond acceptors (Lipinski definition) is 5. The number of piperidine rings is 1. The lowest BCUT2D eigenvalue weighted by Crippen LogP contribution is -2.34. The second-order valence-corrected chi connectivity index (χ2v) is 7.04. The number of aryl methyl sites for hydroxylation is 1. The first-order chi connectivity index (χ1) is 13.9. The highest BCUT2D eigenvalue weighted by Crippen LogP contribution is 2.34. The largest absolute Gasteiger partial charge is 0.433 e. The average molecular weight is 402 g/mol. The van der Waals surface area contributed by atoms with E-state index in [-0.39, 0.29) is 11.6 Å². The fourth-order valence-corrected chi connectivity index (χ4v) is 3.56. The molecule has 0 spiro atoms. The molecule has 1 saturated heterocycles. The summed E-state index contributed by atoms with van der Waals surface area (Å²) in [4.78, 5) is 14.1. The van der Waals surface area contributed by atoms with Crippen LogP contribution in [-0.2, 0) is 12.7 Å². The van der Waals surface area contributed by atoms with Crippen LogP contribution >= 0.6 is 0 Å². The van der Waals surface area contributed by atoms with Crippen molar-refractivity contribution in [1.29, 1.82) is 0 Å². The highest BCUT2D eigenvalue weighted by atomic mass is 19.4. The Labute approximate surface area is 166 Å². The number of pyridine rings is 1. The van der Waals surface area contributed by atoms with E-state index in [1.807, 2.05) is 28.9 Å². The van der Waals surface area contributed by atoms with Gasteiger partial charge in [0.05, 0.1) is 6.20 Å². The molecule has 0 atom stereocenters. The smallest absolute Gasteiger partial charge is 0.356 e. The van der Waals surface area contributed by atoms with Gasteiger partial charge in [-0.3, -0.25) is 9.67 Å². The summed E-state index contributed by atoms with van der Waals surface area (Å²) >= 11 is 0. The molecule has 152 valence electrons. The fraction of sp³-hybridized carbons (Fsp3) is 0.400. The van der Waals surface area contributed by atoms with Crippen molar-refractivity contribution in [2.24, 2.45) is 0 Å². The molecule has 3 aromatic rings. The standard InChI is InChI=1S/C20H21F3N6/c1-2-29-13-15(12-25-29)14-6-9-28(10-7-14)18-11-17(20(21,22)23)26-19(27-18)16-5-3-4-8-24-16/h3-5,8,11-14H,2,6-7,9-10H2,1H3. The Bertz CT molecular complexity index is 962. The van der Waals surface area contributed by atoms with Crippen LogP contribution in [0.1, 0.15) is 36.9 Å². The molecule has 4 rings (SSSR count). The van der Waals surface area contributed by atoms with Crippen LogP contribution < -0.4 is 4.90 Å². The monoisotopic (exact) mass is 402 g/mol. The number of halogens is 3. The van der Waals surface area contributed by atoms with Crippen LogP contribution in [0.4, 0.5) is 19.0 Å². The van der Waals surface area contributed by atoms with Crippen LogP contribution in [0.5, 0.6) is 0 Å². The summed E-state index contributed by atoms with van der Waals surface area (Å²) in [6, 6.07) is 6.04. The molecule has 0 N–H and O–H groups in total. The van der Waals surface area contributed by atoms with E-state index in [0.717, 1.165) is 25.5 Å². The molecule has 0 aromatic carbocycles. The van der Waals surface area contributed by atoms with E-state index in [1.165, 1.54) is 11.8 Å². The van der Waals surface area contributed by atoms with Crippen molar-refractivity contribution in [2.75, 3.05) is 18.0 Å². The van der Waals surface area contributed by atoms with Crippen molar-refractivity contribution in [1.82, 2.24) is 24.7 Å². The Morgan fingerprint density at radius 1 is 1.14 bits per heavy atom. The second-order valence-electron chi connectivity index (χ2n) is 7.04. The number of hydrogen-bond donors (Lipinski definition) is 0. The van der Waals surface area contributed by atoms with Crippen LogP contribution in [0, 0.1) is 0 Å². The predicted octanol–water partition coefficient (Wildman–Crippen LogP) is 4.16. The molecule has 1 fully saturated rings. The zero-order chi connectivity index (χ0) is 20.4. The molecular formula is C20H21F3N6. The van der Waals surface area contributed by atoms with Gasteiger partial charge in [0.2, 0.25) is 0 Å². The van der Waals surface area contributed by atoms with Gasteiger partial charge in [-0.1, -0.05) is 6.07 Å². The van der Waals surface area contributed by atoms with Crippen LogP contribution in [-0.4, -0.2) is 37.8 Å². The normalized spacial score (nSPS) is 15.7. The second kappa shape index (κ2) is 7.81. The minimum absolute atomic E-state index is 0.0122. The summed E-state index contributed by atoms with van der Waals surface area (Å²) in [6.45, 7) is 4.10. The maximum Gasteiger partial charge on any atom is 0.433 e. The van der Waals surface area contributed by atoms with Crippen molar-refractivity contribution in [3.05, 3.63) is 54.1 Å². The summed E-state index contributed by atoms with van der Waals surface area (Å²) < 4.78 is 42.1. The van der Waals surface area contributed by atoms with Gasteiger partial charge < -0.3 is 4.90 Å². The molecule has 29 heavy (non-hydrogen) atoms. The van der Waals surface area contributed by atoms with Gasteiger partial charge >= 0.3 is 6.18 Å². The number of anilines is 1. The molecule has 6 nitrogen and oxygen atoms in total. The highest BCUT2D eigenvalue weighted by molar-refractivity contribution is 5.54. The molecule has 1 aliphatic rings. The van der Waals surface area contributed by atoms with Crippen LogP contribution in [0.3, 0.4) is 0 Å². The third kappa shape index (κ3) is 4.23. The van der Waals surface area contributed by atoms with E-state index in [0.29, 0.717) is 24.7 Å². The van der Waals surface area contributed by atoms with E-state index in [2.05, 4.69) is 20.1 Å². The van der Waals surface area contributed by atoms with E-state index >= 15 is 0 Å². The molecule has 0 unspecified atom stereocenters. The minimum Gasteiger partial charge on any atom is -0.356 e. The van der Waals surface area contributed by atoms with Crippen LogP contribution in [0.15, 0.2) is 42.9 Å². The van der Waals surface area contributed by atoms with Crippen molar-refractivity contribution in [3.63, 3.8) is 0 Å². The first-order valence-electron chi connectivity index (χ1n) is 9.59. The Morgan fingerprint density at radius 2 is 1.93 bits per heavy atom. The summed E-state index contributed by atoms with van der Waals surface area (Å²) in [5.74, 6) is 0.628. The maximum absolute atomic E-state index is 13.4. The predicted molar refractivity (Wildman–Crippen MR) is 102 cm³/mol. The molecule has 9 heteroatoms. The SMILES string of the molecule is CCn1cc(C2CCN(c3cc(C(F)(F)F)nc(-c4ccccn4)n3)CC2)cn1. The van der Waals surface area contributed by atoms with E-state index < -0.39 is 11.9 Å². The Hall–Kier alpha value is -2.97. The lowest BCUT2D eigenvalue weighted by atomic mass is 9.91. The van der Waals surface area contributed by atoms with Gasteiger partial charge in [0.15, 0.2) is 11.5 Å². The molecular weight excluding hydrogens is 381 g/mol. The van der Waals surface area contributed by atoms with Crippen molar-refractivity contribution < 1.29 is 13.2 Å². The van der Waals surface area contributed by atoms with E-state index in [1.54, 1.807) is 18.2 Å². The van der Waals surface area contributed by atoms with Gasteiger partial charge in [-0.2, -0.15) is 18.3 Å². The summed E-state index contributed by atoms with van der Waals surface area (Å²) in [7, 11) is 0.